The number of halogens is 2. The van der Waals surface area contributed by atoms with Crippen LogP contribution in [0.3, 0.4) is 0 Å². The fourth-order valence-electron chi connectivity index (χ4n) is 3.61. The van der Waals surface area contributed by atoms with E-state index in [2.05, 4.69) is 92.3 Å². The number of fused-ring (bicyclic) bond motifs is 3. The second kappa shape index (κ2) is 6.36. The van der Waals surface area contributed by atoms with Crippen molar-refractivity contribution in [3.8, 4) is 22.5 Å². The molecule has 0 saturated carbocycles. The molecule has 25 heavy (non-hydrogen) atoms. The van der Waals surface area contributed by atoms with Crippen LogP contribution < -0.4 is 21.5 Å². The number of aromatic nitrogens is 2. The third kappa shape index (κ3) is 2.60. The monoisotopic (exact) mass is 452 g/mol. The molecule has 1 aliphatic rings. The van der Waals surface area contributed by atoms with Crippen LogP contribution in [-0.4, -0.2) is 4.98 Å². The highest BCUT2D eigenvalue weighted by atomic mass is 79.9. The van der Waals surface area contributed by atoms with Gasteiger partial charge in [0.2, 0.25) is 5.69 Å². The Morgan fingerprint density at radius 3 is 2.60 bits per heavy atom. The van der Waals surface area contributed by atoms with E-state index in [4.69, 9.17) is 0 Å². The van der Waals surface area contributed by atoms with Gasteiger partial charge in [0.25, 0.3) is 0 Å². The zero-order valence-electron chi connectivity index (χ0n) is 13.3. The third-order valence-electron chi connectivity index (χ3n) is 4.62. The molecule has 0 fully saturated rings. The van der Waals surface area contributed by atoms with Crippen LogP contribution in [0.25, 0.3) is 33.3 Å². The first-order chi connectivity index (χ1) is 11.8. The van der Waals surface area contributed by atoms with Gasteiger partial charge in [-0.25, -0.2) is 0 Å². The van der Waals surface area contributed by atoms with E-state index in [1.54, 1.807) is 0 Å². The van der Waals surface area contributed by atoms with Crippen molar-refractivity contribution in [1.29, 1.82) is 0 Å². The van der Waals surface area contributed by atoms with E-state index in [0.717, 1.165) is 16.7 Å². The van der Waals surface area contributed by atoms with Crippen molar-refractivity contribution in [3.05, 3.63) is 83.1 Å². The smallest absolute Gasteiger partial charge is 0.223 e. The highest BCUT2D eigenvalue weighted by Crippen LogP contribution is 2.43. The topological polar surface area (TPSA) is 16.8 Å². The van der Waals surface area contributed by atoms with E-state index in [1.165, 1.54) is 33.2 Å². The molecule has 1 aliphatic carbocycles. The lowest BCUT2D eigenvalue weighted by Gasteiger charge is -2.05. The standard InChI is InChI=1S/C21H14BrN2.BrH/c22-16-5-3-4-14(12-16)13-24-11-9-15-8-10-23-20-17-6-1-2-7-18(17)21(24)19(15)20;/h1-12H,13H2;1H/q+1;/p-1. The molecular formula is C21H14Br2N2. The van der Waals surface area contributed by atoms with Crippen LogP contribution in [-0.2, 0) is 6.54 Å². The Bertz CT molecular complexity index is 1110. The van der Waals surface area contributed by atoms with Crippen LogP contribution in [0.4, 0.5) is 0 Å². The molecule has 2 nitrogen and oxygen atoms in total. The van der Waals surface area contributed by atoms with Crippen molar-refractivity contribution >= 4 is 26.7 Å². The predicted molar refractivity (Wildman–Crippen MR) is 99.6 cm³/mol. The van der Waals surface area contributed by atoms with Gasteiger partial charge in [-0.3, -0.25) is 4.98 Å². The Balaban J connectivity index is 0.00000157. The van der Waals surface area contributed by atoms with Gasteiger partial charge < -0.3 is 17.0 Å². The molecule has 5 rings (SSSR count). The van der Waals surface area contributed by atoms with Crippen LogP contribution >= 0.6 is 15.9 Å². The van der Waals surface area contributed by atoms with Crippen molar-refractivity contribution in [1.82, 2.24) is 4.98 Å². The molecule has 0 radical (unpaired) electrons. The normalized spacial score (nSPS) is 11.2. The lowest BCUT2D eigenvalue weighted by atomic mass is 10.1. The molecule has 122 valence electrons. The average Bonchev–Trinajstić information content (AvgIpc) is 2.94. The van der Waals surface area contributed by atoms with Crippen molar-refractivity contribution in [2.75, 3.05) is 0 Å². The van der Waals surface area contributed by atoms with E-state index < -0.39 is 0 Å². The molecule has 0 bridgehead atoms. The molecule has 0 unspecified atom stereocenters. The van der Waals surface area contributed by atoms with E-state index >= 15 is 0 Å². The quantitative estimate of drug-likeness (QED) is 0.373. The van der Waals surface area contributed by atoms with Crippen molar-refractivity contribution in [2.45, 2.75) is 6.54 Å². The van der Waals surface area contributed by atoms with Gasteiger partial charge in [0.05, 0.1) is 16.6 Å². The van der Waals surface area contributed by atoms with Crippen molar-refractivity contribution in [2.24, 2.45) is 0 Å². The van der Waals surface area contributed by atoms with Gasteiger partial charge in [0.1, 0.15) is 0 Å². The van der Waals surface area contributed by atoms with Crippen molar-refractivity contribution in [3.63, 3.8) is 0 Å². The Kier molecular flexibility index (Phi) is 4.18. The lowest BCUT2D eigenvalue weighted by Crippen LogP contribution is -3.00. The zero-order valence-corrected chi connectivity index (χ0v) is 16.5. The summed E-state index contributed by atoms with van der Waals surface area (Å²) in [5.74, 6) is 0. The van der Waals surface area contributed by atoms with Crippen LogP contribution in [0.1, 0.15) is 5.56 Å². The first kappa shape index (κ1) is 16.4. The molecule has 4 heteroatoms. The van der Waals surface area contributed by atoms with E-state index in [1.807, 2.05) is 6.20 Å². The predicted octanol–water partition coefficient (Wildman–Crippen LogP) is 1.98. The second-order valence-corrected chi connectivity index (χ2v) is 7.01. The van der Waals surface area contributed by atoms with Gasteiger partial charge in [-0.15, -0.1) is 0 Å². The minimum absolute atomic E-state index is 0. The minimum atomic E-state index is 0. The van der Waals surface area contributed by atoms with Crippen LogP contribution in [0, 0.1) is 0 Å². The number of benzene rings is 2. The van der Waals surface area contributed by atoms with Gasteiger partial charge in [0.15, 0.2) is 12.7 Å². The Morgan fingerprint density at radius 1 is 0.920 bits per heavy atom. The summed E-state index contributed by atoms with van der Waals surface area (Å²) in [6, 6.07) is 21.3. The second-order valence-electron chi connectivity index (χ2n) is 6.09. The zero-order chi connectivity index (χ0) is 16.1. The maximum Gasteiger partial charge on any atom is 0.223 e. The Labute approximate surface area is 165 Å². The number of hydrogen-bond donors (Lipinski definition) is 0. The summed E-state index contributed by atoms with van der Waals surface area (Å²) in [6.45, 7) is 0.841. The molecule has 0 spiro atoms. The summed E-state index contributed by atoms with van der Waals surface area (Å²) in [7, 11) is 0. The molecule has 0 N–H and O–H groups in total. The first-order valence-corrected chi connectivity index (χ1v) is 8.76. The summed E-state index contributed by atoms with van der Waals surface area (Å²) >= 11 is 3.57. The number of nitrogens with zero attached hydrogens (tertiary/aromatic N) is 2. The average molecular weight is 454 g/mol. The maximum atomic E-state index is 4.66. The first-order valence-electron chi connectivity index (χ1n) is 7.97. The highest BCUT2D eigenvalue weighted by molar-refractivity contribution is 9.10. The summed E-state index contributed by atoms with van der Waals surface area (Å²) < 4.78 is 3.45. The van der Waals surface area contributed by atoms with Gasteiger partial charge in [-0.1, -0.05) is 46.3 Å². The lowest BCUT2D eigenvalue weighted by molar-refractivity contribution is -0.676. The van der Waals surface area contributed by atoms with Crippen molar-refractivity contribution < 1.29 is 21.5 Å². The minimum Gasteiger partial charge on any atom is -1.00 e. The Morgan fingerprint density at radius 2 is 1.76 bits per heavy atom. The molecule has 2 aromatic heterocycles. The van der Waals surface area contributed by atoms with Gasteiger partial charge in [-0.2, -0.15) is 4.57 Å². The number of hydrogen-bond acceptors (Lipinski definition) is 1. The fraction of sp³-hybridized carbons (Fsp3) is 0.0476. The Hall–Kier alpha value is -2.04. The van der Waals surface area contributed by atoms with E-state index in [9.17, 15) is 0 Å². The summed E-state index contributed by atoms with van der Waals surface area (Å²) in [6.07, 6.45) is 4.09. The van der Waals surface area contributed by atoms with Gasteiger partial charge in [-0.05, 0) is 29.7 Å². The van der Waals surface area contributed by atoms with Crippen LogP contribution in [0.2, 0.25) is 0 Å². The summed E-state index contributed by atoms with van der Waals surface area (Å²) in [5.41, 5.74) is 6.15. The molecule has 2 aromatic carbocycles. The number of rotatable bonds is 2. The number of pyridine rings is 2. The SMILES string of the molecule is Brc1cccc(C[n+]2ccc3ccnc4c3c2-c2ccccc2-4)c1.[Br-]. The molecule has 0 saturated heterocycles. The molecule has 2 heterocycles. The van der Waals surface area contributed by atoms with E-state index in [-0.39, 0.29) is 17.0 Å². The maximum absolute atomic E-state index is 4.66. The van der Waals surface area contributed by atoms with E-state index in [0.29, 0.717) is 0 Å². The van der Waals surface area contributed by atoms with Gasteiger partial charge >= 0.3 is 0 Å². The largest absolute Gasteiger partial charge is 1.00 e. The summed E-state index contributed by atoms with van der Waals surface area (Å²) in [5, 5.41) is 2.51. The fourth-order valence-corrected chi connectivity index (χ4v) is 4.05. The van der Waals surface area contributed by atoms with Gasteiger partial charge in [0, 0.05) is 27.9 Å². The van der Waals surface area contributed by atoms with Crippen LogP contribution in [0.5, 0.6) is 0 Å². The molecule has 4 aromatic rings. The molecule has 0 aliphatic heterocycles. The third-order valence-corrected chi connectivity index (χ3v) is 5.11. The molecule has 0 amide bonds. The highest BCUT2D eigenvalue weighted by Gasteiger charge is 2.30. The summed E-state index contributed by atoms with van der Waals surface area (Å²) in [4.78, 5) is 4.66. The van der Waals surface area contributed by atoms with Crippen LogP contribution in [0.15, 0.2) is 77.5 Å². The molecule has 0 atom stereocenters. The molecular weight excluding hydrogens is 440 g/mol.